The molecule has 30 heavy (non-hydrogen) atoms. The van der Waals surface area contributed by atoms with Crippen molar-refractivity contribution in [2.24, 2.45) is 0 Å². The Bertz CT molecular complexity index is 1160. The van der Waals surface area contributed by atoms with Gasteiger partial charge in [-0.1, -0.05) is 51.8 Å². The molecule has 0 aromatic heterocycles. The molecule has 3 nitrogen and oxygen atoms in total. The molecule has 5 heteroatoms. The van der Waals surface area contributed by atoms with Gasteiger partial charge in [-0.15, -0.1) is 0 Å². The molecule has 0 saturated carbocycles. The number of halogens is 2. The van der Waals surface area contributed by atoms with Gasteiger partial charge < -0.3 is 4.74 Å². The topological polar surface area (TPSA) is 29.5 Å². The lowest BCUT2D eigenvalue weighted by Crippen LogP contribution is -2.25. The maximum absolute atomic E-state index is 13.5. The van der Waals surface area contributed by atoms with Gasteiger partial charge in [0.05, 0.1) is 18.5 Å². The zero-order chi connectivity index (χ0) is 21.3. The largest absolute Gasteiger partial charge is 0.497 e. The monoisotopic (exact) mass is 479 g/mol. The number of methoxy groups -OCH3 is 1. The predicted octanol–water partition coefficient (Wildman–Crippen LogP) is 6.89. The Morgan fingerprint density at radius 1 is 1.00 bits per heavy atom. The summed E-state index contributed by atoms with van der Waals surface area (Å²) in [5.74, 6) is 0.709. The van der Waals surface area contributed by atoms with Gasteiger partial charge in [0.25, 0.3) is 5.91 Å². The number of carbonyl (C=O) groups is 1. The van der Waals surface area contributed by atoms with E-state index < -0.39 is 0 Å². The Kier molecular flexibility index (Phi) is 5.80. The van der Waals surface area contributed by atoms with E-state index in [9.17, 15) is 4.79 Å². The molecule has 1 heterocycles. The summed E-state index contributed by atoms with van der Waals surface area (Å²) >= 11 is 9.58. The third-order valence-electron chi connectivity index (χ3n) is 4.96. The Balaban J connectivity index is 1.82. The third kappa shape index (κ3) is 4.07. The molecule has 0 saturated heterocycles. The van der Waals surface area contributed by atoms with E-state index in [4.69, 9.17) is 16.3 Å². The Morgan fingerprint density at radius 3 is 2.33 bits per heavy atom. The molecule has 0 aliphatic carbocycles. The second-order valence-corrected chi connectivity index (χ2v) is 8.33. The van der Waals surface area contributed by atoms with E-state index in [0.717, 1.165) is 38.3 Å². The summed E-state index contributed by atoms with van der Waals surface area (Å²) in [5, 5.41) is 0.657. The van der Waals surface area contributed by atoms with E-state index in [1.807, 2.05) is 85.8 Å². The Morgan fingerprint density at radius 2 is 1.70 bits per heavy atom. The summed E-state index contributed by atoms with van der Waals surface area (Å²) in [6, 6.07) is 21.1. The zero-order valence-corrected chi connectivity index (χ0v) is 18.9. The lowest BCUT2D eigenvalue weighted by molar-refractivity contribution is -0.113. The van der Waals surface area contributed by atoms with Crippen molar-refractivity contribution < 1.29 is 9.53 Å². The highest BCUT2D eigenvalue weighted by atomic mass is 79.9. The highest BCUT2D eigenvalue weighted by Crippen LogP contribution is 2.38. The molecule has 0 bridgehead atoms. The summed E-state index contributed by atoms with van der Waals surface area (Å²) in [4.78, 5) is 15.2. The highest BCUT2D eigenvalue weighted by Gasteiger charge is 2.31. The normalized spacial score (nSPS) is 14.9. The lowest BCUT2D eigenvalue weighted by Gasteiger charge is -2.23. The maximum Gasteiger partial charge on any atom is 0.262 e. The Labute approximate surface area is 189 Å². The van der Waals surface area contributed by atoms with Crippen molar-refractivity contribution in [2.45, 2.75) is 6.92 Å². The van der Waals surface area contributed by atoms with Crippen LogP contribution in [0.4, 0.5) is 5.69 Å². The van der Waals surface area contributed by atoms with Crippen molar-refractivity contribution in [1.82, 2.24) is 0 Å². The second kappa shape index (κ2) is 8.50. The molecule has 0 fully saturated rings. The molecule has 150 valence electrons. The van der Waals surface area contributed by atoms with Gasteiger partial charge in [-0.25, -0.2) is 0 Å². The molecule has 0 spiro atoms. The number of nitrogens with zero attached hydrogens (tertiary/aromatic N) is 1. The minimum Gasteiger partial charge on any atom is -0.497 e. The molecule has 1 amide bonds. The smallest absolute Gasteiger partial charge is 0.262 e. The average molecular weight is 481 g/mol. The standard InChI is InChI=1S/C25H19BrClNO2/c1-16-13-20(26)7-12-23(16)28-24(18-5-8-21(27)9-6-18)15-19(25(28)29)14-17-3-10-22(30-2)11-4-17/h3-15H,1-2H3/b19-14-. The summed E-state index contributed by atoms with van der Waals surface area (Å²) in [6.07, 6.45) is 3.82. The zero-order valence-electron chi connectivity index (χ0n) is 16.5. The van der Waals surface area contributed by atoms with Crippen molar-refractivity contribution in [3.05, 3.63) is 105 Å². The SMILES string of the molecule is COc1ccc(/C=C2/C=C(c3ccc(Cl)cc3)N(c3ccc(Br)cc3C)C2=O)cc1. The summed E-state index contributed by atoms with van der Waals surface area (Å²) in [7, 11) is 1.63. The number of amides is 1. The molecule has 0 N–H and O–H groups in total. The molecule has 3 aromatic rings. The van der Waals surface area contributed by atoms with Crippen LogP contribution in [0.2, 0.25) is 5.02 Å². The minimum absolute atomic E-state index is 0.0683. The van der Waals surface area contributed by atoms with Crippen LogP contribution >= 0.6 is 27.5 Å². The number of rotatable bonds is 4. The van der Waals surface area contributed by atoms with E-state index in [1.54, 1.807) is 12.0 Å². The quantitative estimate of drug-likeness (QED) is 0.380. The molecule has 3 aromatic carbocycles. The van der Waals surface area contributed by atoms with Crippen molar-refractivity contribution >= 4 is 50.9 Å². The van der Waals surface area contributed by atoms with Gasteiger partial charge in [-0.2, -0.15) is 0 Å². The third-order valence-corrected chi connectivity index (χ3v) is 5.71. The molecule has 0 atom stereocenters. The second-order valence-electron chi connectivity index (χ2n) is 6.98. The lowest BCUT2D eigenvalue weighted by atomic mass is 10.1. The van der Waals surface area contributed by atoms with E-state index in [-0.39, 0.29) is 5.91 Å². The predicted molar refractivity (Wildman–Crippen MR) is 127 cm³/mol. The van der Waals surface area contributed by atoms with Gasteiger partial charge in [0.1, 0.15) is 5.75 Å². The summed E-state index contributed by atoms with van der Waals surface area (Å²) in [5.41, 5.74) is 5.15. The van der Waals surface area contributed by atoms with Gasteiger partial charge in [0.2, 0.25) is 0 Å². The van der Waals surface area contributed by atoms with Crippen molar-refractivity contribution in [1.29, 1.82) is 0 Å². The number of ether oxygens (including phenoxy) is 1. The molecule has 1 aliphatic heterocycles. The molecule has 4 rings (SSSR count). The first-order chi connectivity index (χ1) is 14.5. The molecule has 0 unspecified atom stereocenters. The molecular formula is C25H19BrClNO2. The molecule has 1 aliphatic rings. The summed E-state index contributed by atoms with van der Waals surface area (Å²) < 4.78 is 6.19. The highest BCUT2D eigenvalue weighted by molar-refractivity contribution is 9.10. The van der Waals surface area contributed by atoms with E-state index in [2.05, 4.69) is 15.9 Å². The van der Waals surface area contributed by atoms with E-state index in [1.165, 1.54) is 0 Å². The van der Waals surface area contributed by atoms with Gasteiger partial charge in [0.15, 0.2) is 0 Å². The van der Waals surface area contributed by atoms with Crippen molar-refractivity contribution in [3.8, 4) is 5.75 Å². The van der Waals surface area contributed by atoms with Crippen LogP contribution in [0.3, 0.4) is 0 Å². The van der Waals surface area contributed by atoms with Crippen molar-refractivity contribution in [2.75, 3.05) is 12.0 Å². The summed E-state index contributed by atoms with van der Waals surface area (Å²) in [6.45, 7) is 2.00. The van der Waals surface area contributed by atoms with Crippen LogP contribution in [0.1, 0.15) is 16.7 Å². The number of hydrogen-bond acceptors (Lipinski definition) is 2. The van der Waals surface area contributed by atoms with Crippen LogP contribution in [0.5, 0.6) is 5.75 Å². The van der Waals surface area contributed by atoms with Gasteiger partial charge in [-0.05, 0) is 78.2 Å². The number of hydrogen-bond donors (Lipinski definition) is 0. The first-order valence-corrected chi connectivity index (χ1v) is 10.6. The first kappa shape index (κ1) is 20.5. The van der Waals surface area contributed by atoms with E-state index >= 15 is 0 Å². The van der Waals surface area contributed by atoms with Gasteiger partial charge in [0, 0.05) is 15.1 Å². The fraction of sp³-hybridized carbons (Fsp3) is 0.0800. The first-order valence-electron chi connectivity index (χ1n) is 9.40. The van der Waals surface area contributed by atoms with Gasteiger partial charge in [-0.3, -0.25) is 9.69 Å². The molecular weight excluding hydrogens is 462 g/mol. The average Bonchev–Trinajstić information content (AvgIpc) is 3.05. The van der Waals surface area contributed by atoms with E-state index in [0.29, 0.717) is 10.6 Å². The van der Waals surface area contributed by atoms with Gasteiger partial charge >= 0.3 is 0 Å². The minimum atomic E-state index is -0.0683. The van der Waals surface area contributed by atoms with Crippen LogP contribution in [-0.2, 0) is 4.79 Å². The van der Waals surface area contributed by atoms with Crippen LogP contribution < -0.4 is 9.64 Å². The van der Waals surface area contributed by atoms with Crippen LogP contribution in [0.25, 0.3) is 11.8 Å². The van der Waals surface area contributed by atoms with Crippen molar-refractivity contribution in [3.63, 3.8) is 0 Å². The maximum atomic E-state index is 13.5. The van der Waals surface area contributed by atoms with Crippen LogP contribution in [-0.4, -0.2) is 13.0 Å². The Hall–Kier alpha value is -2.82. The fourth-order valence-electron chi connectivity index (χ4n) is 3.44. The number of anilines is 1. The molecule has 0 radical (unpaired) electrons. The van der Waals surface area contributed by atoms with Crippen LogP contribution in [0.15, 0.2) is 82.9 Å². The number of benzene rings is 3. The number of carbonyl (C=O) groups excluding carboxylic acids is 1. The fourth-order valence-corrected chi connectivity index (χ4v) is 4.04. The number of aryl methyl sites for hydroxylation is 1. The van der Waals surface area contributed by atoms with Crippen LogP contribution in [0, 0.1) is 6.92 Å².